The molecule has 1 aromatic heterocycles. The highest BCUT2D eigenvalue weighted by molar-refractivity contribution is 9.10. The van der Waals surface area contributed by atoms with Crippen LogP contribution in [-0.4, -0.2) is 11.9 Å². The minimum absolute atomic E-state index is 0.606. The van der Waals surface area contributed by atoms with Crippen LogP contribution in [-0.2, 0) is 19.6 Å². The Labute approximate surface area is 121 Å². The second kappa shape index (κ2) is 6.48. The fraction of sp³-hybridized carbons (Fsp3) is 0.286. The quantitative estimate of drug-likeness (QED) is 0.910. The summed E-state index contributed by atoms with van der Waals surface area (Å²) in [5, 5.41) is 2.12. The second-order valence-electron chi connectivity index (χ2n) is 4.38. The molecule has 0 aliphatic rings. The SMILES string of the molecule is CN(Cc1cc(Br)cs1)Cc1ccccc1CN. The van der Waals surface area contributed by atoms with Crippen molar-refractivity contribution in [3.05, 3.63) is 56.2 Å². The molecule has 0 spiro atoms. The van der Waals surface area contributed by atoms with Gasteiger partial charge in [-0.3, -0.25) is 4.90 Å². The third-order valence-corrected chi connectivity index (χ3v) is 4.51. The molecule has 2 aromatic rings. The van der Waals surface area contributed by atoms with E-state index in [9.17, 15) is 0 Å². The van der Waals surface area contributed by atoms with E-state index in [1.165, 1.54) is 20.5 Å². The number of rotatable bonds is 5. The van der Waals surface area contributed by atoms with Crippen LogP contribution in [0.25, 0.3) is 0 Å². The molecular weight excluding hydrogens is 308 g/mol. The topological polar surface area (TPSA) is 29.3 Å². The normalized spacial score (nSPS) is 11.1. The Balaban J connectivity index is 2.00. The first-order valence-corrected chi connectivity index (χ1v) is 7.54. The van der Waals surface area contributed by atoms with E-state index in [2.05, 4.69) is 57.5 Å². The van der Waals surface area contributed by atoms with Crippen molar-refractivity contribution in [3.8, 4) is 0 Å². The summed E-state index contributed by atoms with van der Waals surface area (Å²) in [6, 6.07) is 10.6. The first kappa shape index (κ1) is 13.7. The summed E-state index contributed by atoms with van der Waals surface area (Å²) in [5.74, 6) is 0. The predicted molar refractivity (Wildman–Crippen MR) is 81.5 cm³/mol. The van der Waals surface area contributed by atoms with Crippen molar-refractivity contribution >= 4 is 27.3 Å². The van der Waals surface area contributed by atoms with Gasteiger partial charge in [0.2, 0.25) is 0 Å². The lowest BCUT2D eigenvalue weighted by Gasteiger charge is -2.17. The van der Waals surface area contributed by atoms with Gasteiger partial charge >= 0.3 is 0 Å². The van der Waals surface area contributed by atoms with E-state index in [0.717, 1.165) is 13.1 Å². The van der Waals surface area contributed by atoms with Crippen LogP contribution in [0.1, 0.15) is 16.0 Å². The molecule has 0 saturated carbocycles. The minimum atomic E-state index is 0.606. The lowest BCUT2D eigenvalue weighted by molar-refractivity contribution is 0.321. The summed E-state index contributed by atoms with van der Waals surface area (Å²) >= 11 is 5.27. The van der Waals surface area contributed by atoms with Crippen LogP contribution in [0.15, 0.2) is 40.2 Å². The summed E-state index contributed by atoms with van der Waals surface area (Å²) < 4.78 is 1.17. The summed E-state index contributed by atoms with van der Waals surface area (Å²) in [4.78, 5) is 3.68. The zero-order valence-corrected chi connectivity index (χ0v) is 12.8. The van der Waals surface area contributed by atoms with Crippen molar-refractivity contribution in [2.45, 2.75) is 19.6 Å². The molecule has 0 bridgehead atoms. The van der Waals surface area contributed by atoms with Crippen molar-refractivity contribution in [1.29, 1.82) is 0 Å². The van der Waals surface area contributed by atoms with E-state index in [-0.39, 0.29) is 0 Å². The van der Waals surface area contributed by atoms with Gasteiger partial charge in [0.25, 0.3) is 0 Å². The number of hydrogen-bond donors (Lipinski definition) is 1. The maximum atomic E-state index is 5.76. The zero-order valence-electron chi connectivity index (χ0n) is 10.4. The molecule has 1 aromatic carbocycles. The Kier molecular flexibility index (Phi) is 4.95. The largest absolute Gasteiger partial charge is 0.326 e. The van der Waals surface area contributed by atoms with E-state index < -0.39 is 0 Å². The maximum absolute atomic E-state index is 5.76. The number of nitrogens with zero attached hydrogens (tertiary/aromatic N) is 1. The van der Waals surface area contributed by atoms with Gasteiger partial charge in [0.1, 0.15) is 0 Å². The third-order valence-electron chi connectivity index (χ3n) is 2.83. The molecule has 1 heterocycles. The van der Waals surface area contributed by atoms with Crippen molar-refractivity contribution in [2.75, 3.05) is 7.05 Å². The summed E-state index contributed by atoms with van der Waals surface area (Å²) in [6.45, 7) is 2.51. The first-order chi connectivity index (χ1) is 8.69. The van der Waals surface area contributed by atoms with Crippen LogP contribution in [0, 0.1) is 0 Å². The monoisotopic (exact) mass is 324 g/mol. The molecule has 0 unspecified atom stereocenters. The minimum Gasteiger partial charge on any atom is -0.326 e. The molecule has 4 heteroatoms. The second-order valence-corrected chi connectivity index (χ2v) is 6.29. The Bertz CT molecular complexity index is 510. The lowest BCUT2D eigenvalue weighted by Crippen LogP contribution is -2.18. The van der Waals surface area contributed by atoms with Gasteiger partial charge in [-0.15, -0.1) is 11.3 Å². The third kappa shape index (κ3) is 3.65. The molecule has 96 valence electrons. The van der Waals surface area contributed by atoms with Crippen molar-refractivity contribution in [2.24, 2.45) is 5.73 Å². The van der Waals surface area contributed by atoms with Gasteiger partial charge in [0, 0.05) is 34.4 Å². The Morgan fingerprint density at radius 3 is 2.56 bits per heavy atom. The average molecular weight is 325 g/mol. The van der Waals surface area contributed by atoms with E-state index in [1.54, 1.807) is 11.3 Å². The van der Waals surface area contributed by atoms with Gasteiger partial charge in [-0.05, 0) is 40.2 Å². The molecule has 2 nitrogen and oxygen atoms in total. The predicted octanol–water partition coefficient (Wildman–Crippen LogP) is 3.60. The molecule has 0 aliphatic carbocycles. The first-order valence-electron chi connectivity index (χ1n) is 5.87. The van der Waals surface area contributed by atoms with Gasteiger partial charge < -0.3 is 5.73 Å². The molecule has 0 fully saturated rings. The number of nitrogens with two attached hydrogens (primary N) is 1. The van der Waals surface area contributed by atoms with Crippen LogP contribution in [0.4, 0.5) is 0 Å². The van der Waals surface area contributed by atoms with Crippen molar-refractivity contribution < 1.29 is 0 Å². The van der Waals surface area contributed by atoms with E-state index in [1.807, 2.05) is 6.07 Å². The van der Waals surface area contributed by atoms with Crippen LogP contribution >= 0.6 is 27.3 Å². The van der Waals surface area contributed by atoms with Crippen LogP contribution in [0.3, 0.4) is 0 Å². The average Bonchev–Trinajstić information content (AvgIpc) is 2.75. The van der Waals surface area contributed by atoms with E-state index in [4.69, 9.17) is 5.73 Å². The van der Waals surface area contributed by atoms with Gasteiger partial charge in [-0.1, -0.05) is 24.3 Å². The molecule has 0 atom stereocenters. The number of thiophene rings is 1. The van der Waals surface area contributed by atoms with Crippen molar-refractivity contribution in [3.63, 3.8) is 0 Å². The molecule has 0 saturated heterocycles. The molecule has 2 rings (SSSR count). The Hall–Kier alpha value is -0.680. The van der Waals surface area contributed by atoms with Gasteiger partial charge in [-0.2, -0.15) is 0 Å². The van der Waals surface area contributed by atoms with Gasteiger partial charge in [-0.25, -0.2) is 0 Å². The zero-order chi connectivity index (χ0) is 13.0. The molecular formula is C14H17BrN2S. The van der Waals surface area contributed by atoms with Crippen LogP contribution < -0.4 is 5.73 Å². The van der Waals surface area contributed by atoms with Gasteiger partial charge in [0.15, 0.2) is 0 Å². The van der Waals surface area contributed by atoms with Crippen LogP contribution in [0.2, 0.25) is 0 Å². The molecule has 18 heavy (non-hydrogen) atoms. The van der Waals surface area contributed by atoms with Crippen LogP contribution in [0.5, 0.6) is 0 Å². The smallest absolute Gasteiger partial charge is 0.0328 e. The Morgan fingerprint density at radius 1 is 1.22 bits per heavy atom. The fourth-order valence-corrected chi connectivity index (χ4v) is 3.49. The van der Waals surface area contributed by atoms with E-state index in [0.29, 0.717) is 6.54 Å². The highest BCUT2D eigenvalue weighted by atomic mass is 79.9. The number of halogens is 1. The van der Waals surface area contributed by atoms with Crippen molar-refractivity contribution in [1.82, 2.24) is 4.90 Å². The highest BCUT2D eigenvalue weighted by Gasteiger charge is 2.06. The number of hydrogen-bond acceptors (Lipinski definition) is 3. The maximum Gasteiger partial charge on any atom is 0.0328 e. The summed E-state index contributed by atoms with van der Waals surface area (Å²) in [5.41, 5.74) is 8.31. The molecule has 0 aliphatic heterocycles. The summed E-state index contributed by atoms with van der Waals surface area (Å²) in [6.07, 6.45) is 0. The lowest BCUT2D eigenvalue weighted by atomic mass is 10.1. The van der Waals surface area contributed by atoms with E-state index >= 15 is 0 Å². The molecule has 0 radical (unpaired) electrons. The fourth-order valence-electron chi connectivity index (χ4n) is 1.96. The van der Waals surface area contributed by atoms with Gasteiger partial charge in [0.05, 0.1) is 0 Å². The molecule has 0 amide bonds. The number of benzene rings is 1. The standard InChI is InChI=1S/C14H17BrN2S/c1-17(9-14-6-13(15)10-18-14)8-12-5-3-2-4-11(12)7-16/h2-6,10H,7-9,16H2,1H3. The Morgan fingerprint density at radius 2 is 1.94 bits per heavy atom. The molecule has 2 N–H and O–H groups in total. The highest BCUT2D eigenvalue weighted by Crippen LogP contribution is 2.21. The summed E-state index contributed by atoms with van der Waals surface area (Å²) in [7, 11) is 2.14.